The highest BCUT2D eigenvalue weighted by molar-refractivity contribution is 7.87. The molecule has 0 atom stereocenters. The monoisotopic (exact) mass is 289 g/mol. The normalized spacial score (nSPS) is 12.2. The maximum Gasteiger partial charge on any atom is 0.279 e. The predicted molar refractivity (Wildman–Crippen MR) is 74.9 cm³/mol. The Hall–Kier alpha value is -0.890. The van der Waals surface area contributed by atoms with E-state index in [1.54, 1.807) is 19.2 Å². The molecule has 1 rings (SSSR count). The highest BCUT2D eigenvalue weighted by Crippen LogP contribution is 2.02. The Morgan fingerprint density at radius 3 is 2.79 bits per heavy atom. The lowest BCUT2D eigenvalue weighted by molar-refractivity contribution is 0.437. The zero-order valence-electron chi connectivity index (χ0n) is 11.6. The lowest BCUT2D eigenvalue weighted by Crippen LogP contribution is -2.39. The number of nitrogens with one attached hydrogen (secondary N) is 2. The summed E-state index contributed by atoms with van der Waals surface area (Å²) in [4.78, 5) is 0. The van der Waals surface area contributed by atoms with Crippen LogP contribution >= 0.6 is 0 Å². The predicted octanol–water partition coefficient (Wildman–Crippen LogP) is 0.935. The van der Waals surface area contributed by atoms with E-state index in [1.807, 2.05) is 0 Å². The van der Waals surface area contributed by atoms with Crippen molar-refractivity contribution in [3.8, 4) is 0 Å². The van der Waals surface area contributed by atoms with Gasteiger partial charge in [0, 0.05) is 13.6 Å². The third-order valence-corrected chi connectivity index (χ3v) is 4.18. The van der Waals surface area contributed by atoms with Gasteiger partial charge in [0.25, 0.3) is 10.2 Å². The highest BCUT2D eigenvalue weighted by Gasteiger charge is 2.16. The van der Waals surface area contributed by atoms with Crippen LogP contribution in [0.1, 0.15) is 25.5 Å². The van der Waals surface area contributed by atoms with Crippen LogP contribution in [0.5, 0.6) is 0 Å². The van der Waals surface area contributed by atoms with Crippen molar-refractivity contribution in [2.45, 2.75) is 26.3 Å². The standard InChI is InChI=1S/C12H23N3O3S/c1-3-7-13-8-5-9-15(2)19(16,17)14-11-12-6-4-10-18-12/h4,6,10,13-14H,3,5,7-9,11H2,1-2H3. The fourth-order valence-corrected chi connectivity index (χ4v) is 2.45. The molecule has 1 heterocycles. The molecule has 2 N–H and O–H groups in total. The van der Waals surface area contributed by atoms with Gasteiger partial charge in [-0.3, -0.25) is 0 Å². The van der Waals surface area contributed by atoms with Crippen LogP contribution in [0, 0.1) is 0 Å². The Bertz CT molecular complexity index is 431. The van der Waals surface area contributed by atoms with Gasteiger partial charge in [0.15, 0.2) is 0 Å². The van der Waals surface area contributed by atoms with E-state index in [4.69, 9.17) is 4.42 Å². The molecule has 0 aliphatic rings. The van der Waals surface area contributed by atoms with Crippen LogP contribution in [0.15, 0.2) is 22.8 Å². The van der Waals surface area contributed by atoms with Crippen LogP contribution in [-0.2, 0) is 16.8 Å². The molecule has 0 saturated carbocycles. The van der Waals surface area contributed by atoms with E-state index in [-0.39, 0.29) is 6.54 Å². The van der Waals surface area contributed by atoms with Gasteiger partial charge in [0.1, 0.15) is 5.76 Å². The third kappa shape index (κ3) is 6.20. The topological polar surface area (TPSA) is 74.6 Å². The zero-order chi connectivity index (χ0) is 14.1. The summed E-state index contributed by atoms with van der Waals surface area (Å²) < 4.78 is 32.7. The molecule has 19 heavy (non-hydrogen) atoms. The average Bonchev–Trinajstić information content (AvgIpc) is 2.89. The van der Waals surface area contributed by atoms with Crippen LogP contribution in [0.2, 0.25) is 0 Å². The summed E-state index contributed by atoms with van der Waals surface area (Å²) in [6.45, 7) is 4.55. The molecule has 0 bridgehead atoms. The van der Waals surface area contributed by atoms with Crippen molar-refractivity contribution >= 4 is 10.2 Å². The molecule has 0 fully saturated rings. The number of rotatable bonds is 10. The highest BCUT2D eigenvalue weighted by atomic mass is 32.2. The van der Waals surface area contributed by atoms with Gasteiger partial charge in [-0.15, -0.1) is 0 Å². The second kappa shape index (κ2) is 8.31. The van der Waals surface area contributed by atoms with E-state index in [9.17, 15) is 8.42 Å². The van der Waals surface area contributed by atoms with Crippen LogP contribution < -0.4 is 10.0 Å². The summed E-state index contributed by atoms with van der Waals surface area (Å²) in [5.41, 5.74) is 0. The van der Waals surface area contributed by atoms with Crippen LogP contribution in [0.3, 0.4) is 0 Å². The van der Waals surface area contributed by atoms with E-state index in [2.05, 4.69) is 17.0 Å². The fourth-order valence-electron chi connectivity index (χ4n) is 1.53. The molecular formula is C12H23N3O3S. The first-order valence-electron chi connectivity index (χ1n) is 6.50. The van der Waals surface area contributed by atoms with Crippen LogP contribution in [0.25, 0.3) is 0 Å². The molecule has 0 spiro atoms. The largest absolute Gasteiger partial charge is 0.468 e. The minimum Gasteiger partial charge on any atom is -0.468 e. The van der Waals surface area contributed by atoms with E-state index < -0.39 is 10.2 Å². The summed E-state index contributed by atoms with van der Waals surface area (Å²) >= 11 is 0. The number of nitrogens with zero attached hydrogens (tertiary/aromatic N) is 1. The summed E-state index contributed by atoms with van der Waals surface area (Å²) in [5.74, 6) is 0.599. The summed E-state index contributed by atoms with van der Waals surface area (Å²) in [5, 5.41) is 3.24. The third-order valence-electron chi connectivity index (χ3n) is 2.67. The van der Waals surface area contributed by atoms with Crippen molar-refractivity contribution in [2.24, 2.45) is 0 Å². The van der Waals surface area contributed by atoms with Gasteiger partial charge >= 0.3 is 0 Å². The van der Waals surface area contributed by atoms with Gasteiger partial charge in [-0.2, -0.15) is 17.4 Å². The molecule has 0 aliphatic heterocycles. The van der Waals surface area contributed by atoms with Crippen molar-refractivity contribution in [3.05, 3.63) is 24.2 Å². The van der Waals surface area contributed by atoms with E-state index in [0.717, 1.165) is 25.9 Å². The molecule has 110 valence electrons. The van der Waals surface area contributed by atoms with Crippen LogP contribution in [0.4, 0.5) is 0 Å². The first kappa shape index (κ1) is 16.2. The van der Waals surface area contributed by atoms with Crippen molar-refractivity contribution in [1.29, 1.82) is 0 Å². The van der Waals surface area contributed by atoms with Crippen LogP contribution in [-0.4, -0.2) is 39.4 Å². The van der Waals surface area contributed by atoms with E-state index >= 15 is 0 Å². The van der Waals surface area contributed by atoms with Gasteiger partial charge in [-0.05, 0) is 38.1 Å². The first-order valence-corrected chi connectivity index (χ1v) is 7.94. The summed E-state index contributed by atoms with van der Waals surface area (Å²) in [6, 6.07) is 3.46. The van der Waals surface area contributed by atoms with Crippen molar-refractivity contribution in [2.75, 3.05) is 26.7 Å². The minimum atomic E-state index is -3.43. The Kier molecular flexibility index (Phi) is 7.07. The van der Waals surface area contributed by atoms with Gasteiger partial charge in [-0.25, -0.2) is 0 Å². The molecule has 0 saturated heterocycles. The molecule has 0 aromatic carbocycles. The van der Waals surface area contributed by atoms with Gasteiger partial charge in [0.05, 0.1) is 12.8 Å². The van der Waals surface area contributed by atoms with Crippen molar-refractivity contribution in [3.63, 3.8) is 0 Å². The maximum atomic E-state index is 11.9. The maximum absolute atomic E-state index is 11.9. The summed E-state index contributed by atoms with van der Waals surface area (Å²) in [7, 11) is -1.86. The Balaban J connectivity index is 2.27. The zero-order valence-corrected chi connectivity index (χ0v) is 12.4. The second-order valence-corrected chi connectivity index (χ2v) is 6.19. The molecule has 0 radical (unpaired) electrons. The molecular weight excluding hydrogens is 266 g/mol. The first-order chi connectivity index (χ1) is 9.06. The van der Waals surface area contributed by atoms with Crippen molar-refractivity contribution in [1.82, 2.24) is 14.3 Å². The molecule has 1 aromatic rings. The Labute approximate surface area is 115 Å². The Morgan fingerprint density at radius 2 is 2.16 bits per heavy atom. The minimum absolute atomic E-state index is 0.174. The quantitative estimate of drug-likeness (QED) is 0.629. The number of furan rings is 1. The lowest BCUT2D eigenvalue weighted by Gasteiger charge is -2.17. The fraction of sp³-hybridized carbons (Fsp3) is 0.667. The Morgan fingerprint density at radius 1 is 1.37 bits per heavy atom. The average molecular weight is 289 g/mol. The van der Waals surface area contributed by atoms with Gasteiger partial charge < -0.3 is 9.73 Å². The number of hydrogen-bond donors (Lipinski definition) is 2. The molecule has 6 nitrogen and oxygen atoms in total. The van der Waals surface area contributed by atoms with Crippen molar-refractivity contribution < 1.29 is 12.8 Å². The molecule has 0 amide bonds. The molecule has 1 aromatic heterocycles. The second-order valence-electron chi connectivity index (χ2n) is 4.33. The van der Waals surface area contributed by atoms with E-state index in [0.29, 0.717) is 12.3 Å². The summed E-state index contributed by atoms with van der Waals surface area (Å²) in [6.07, 6.45) is 3.39. The SMILES string of the molecule is CCCNCCCN(C)S(=O)(=O)NCc1ccco1. The lowest BCUT2D eigenvalue weighted by atomic mass is 10.4. The van der Waals surface area contributed by atoms with E-state index in [1.165, 1.54) is 10.6 Å². The van der Waals surface area contributed by atoms with Gasteiger partial charge in [0.2, 0.25) is 0 Å². The number of hydrogen-bond acceptors (Lipinski definition) is 4. The smallest absolute Gasteiger partial charge is 0.279 e. The molecule has 0 unspecified atom stereocenters. The molecule has 7 heteroatoms. The molecule has 0 aliphatic carbocycles. The van der Waals surface area contributed by atoms with Gasteiger partial charge in [-0.1, -0.05) is 6.92 Å².